The van der Waals surface area contributed by atoms with Gasteiger partial charge < -0.3 is 14.8 Å². The van der Waals surface area contributed by atoms with Crippen molar-refractivity contribution in [1.82, 2.24) is 10.2 Å². The lowest BCUT2D eigenvalue weighted by molar-refractivity contribution is 0.102. The van der Waals surface area contributed by atoms with Crippen LogP contribution in [0.5, 0.6) is 11.5 Å². The van der Waals surface area contributed by atoms with Crippen LogP contribution in [0.2, 0.25) is 0 Å². The van der Waals surface area contributed by atoms with Gasteiger partial charge in [-0.25, -0.2) is 0 Å². The summed E-state index contributed by atoms with van der Waals surface area (Å²) in [5.74, 6) is 0.997. The van der Waals surface area contributed by atoms with Crippen LogP contribution < -0.4 is 14.8 Å². The lowest BCUT2D eigenvalue weighted by Crippen LogP contribution is -2.14. The number of H-pyrrole nitrogens is 1. The number of benzene rings is 1. The Bertz CT molecular complexity index is 658. The van der Waals surface area contributed by atoms with Crippen molar-refractivity contribution in [3.8, 4) is 11.5 Å². The van der Waals surface area contributed by atoms with Crippen molar-refractivity contribution in [3.63, 3.8) is 0 Å². The van der Waals surface area contributed by atoms with Crippen molar-refractivity contribution in [1.29, 1.82) is 0 Å². The largest absolute Gasteiger partial charge is 0.493 e. The van der Waals surface area contributed by atoms with Crippen molar-refractivity contribution in [2.45, 2.75) is 20.8 Å². The number of aromatic nitrogens is 2. The molecule has 1 amide bonds. The molecular formula is C15H19N3O3. The SMILES string of the molecule is COc1cc(C)c(NC(=O)c2c(C)n[nH]c2C)cc1OC. The summed E-state index contributed by atoms with van der Waals surface area (Å²) in [7, 11) is 3.14. The lowest BCUT2D eigenvalue weighted by atomic mass is 10.1. The number of anilines is 1. The number of aryl methyl sites for hydroxylation is 3. The van der Waals surface area contributed by atoms with Crippen LogP contribution in [0.15, 0.2) is 12.1 Å². The van der Waals surface area contributed by atoms with E-state index in [-0.39, 0.29) is 5.91 Å². The van der Waals surface area contributed by atoms with Gasteiger partial charge in [0.05, 0.1) is 25.5 Å². The zero-order chi connectivity index (χ0) is 15.6. The van der Waals surface area contributed by atoms with Crippen molar-refractivity contribution < 1.29 is 14.3 Å². The molecule has 0 bridgehead atoms. The highest BCUT2D eigenvalue weighted by Gasteiger charge is 2.17. The van der Waals surface area contributed by atoms with Crippen LogP contribution in [0.4, 0.5) is 5.69 Å². The fourth-order valence-corrected chi connectivity index (χ4v) is 2.19. The van der Waals surface area contributed by atoms with Gasteiger partial charge in [0.2, 0.25) is 0 Å². The molecule has 1 aromatic carbocycles. The van der Waals surface area contributed by atoms with Crippen molar-refractivity contribution in [2.75, 3.05) is 19.5 Å². The summed E-state index contributed by atoms with van der Waals surface area (Å²) in [5.41, 5.74) is 3.54. The predicted molar refractivity (Wildman–Crippen MR) is 80.3 cm³/mol. The molecule has 0 radical (unpaired) electrons. The monoisotopic (exact) mass is 289 g/mol. The number of aromatic amines is 1. The second-order valence-electron chi connectivity index (χ2n) is 4.79. The number of hydrogen-bond donors (Lipinski definition) is 2. The van der Waals surface area contributed by atoms with Crippen LogP contribution >= 0.6 is 0 Å². The first kappa shape index (κ1) is 14.9. The number of carbonyl (C=O) groups excluding carboxylic acids is 1. The van der Waals surface area contributed by atoms with Gasteiger partial charge >= 0.3 is 0 Å². The summed E-state index contributed by atoms with van der Waals surface area (Å²) in [6, 6.07) is 3.57. The Balaban J connectivity index is 2.33. The number of rotatable bonds is 4. The highest BCUT2D eigenvalue weighted by atomic mass is 16.5. The maximum Gasteiger partial charge on any atom is 0.259 e. The summed E-state index contributed by atoms with van der Waals surface area (Å²) in [4.78, 5) is 12.4. The Hall–Kier alpha value is -2.50. The second kappa shape index (κ2) is 5.87. The zero-order valence-electron chi connectivity index (χ0n) is 12.8. The third-order valence-electron chi connectivity index (χ3n) is 3.33. The van der Waals surface area contributed by atoms with E-state index in [2.05, 4.69) is 15.5 Å². The van der Waals surface area contributed by atoms with Crippen molar-refractivity contribution in [2.24, 2.45) is 0 Å². The number of amides is 1. The Labute approximate surface area is 123 Å². The van der Waals surface area contributed by atoms with Gasteiger partial charge in [-0.3, -0.25) is 9.89 Å². The maximum absolute atomic E-state index is 12.4. The third-order valence-corrected chi connectivity index (χ3v) is 3.33. The molecule has 2 aromatic rings. The lowest BCUT2D eigenvalue weighted by Gasteiger charge is -2.13. The van der Waals surface area contributed by atoms with Gasteiger partial charge in [0.25, 0.3) is 5.91 Å². The zero-order valence-corrected chi connectivity index (χ0v) is 12.8. The molecule has 2 rings (SSSR count). The van der Waals surface area contributed by atoms with Gasteiger partial charge in [0, 0.05) is 17.4 Å². The summed E-state index contributed by atoms with van der Waals surface area (Å²) in [5, 5.41) is 9.72. The number of carbonyl (C=O) groups is 1. The average molecular weight is 289 g/mol. The molecule has 21 heavy (non-hydrogen) atoms. The highest BCUT2D eigenvalue weighted by molar-refractivity contribution is 6.06. The molecule has 1 aromatic heterocycles. The molecule has 6 heteroatoms. The van der Waals surface area contributed by atoms with E-state index in [1.807, 2.05) is 19.9 Å². The summed E-state index contributed by atoms with van der Waals surface area (Å²) in [6.45, 7) is 5.50. The molecule has 0 spiro atoms. The van der Waals surface area contributed by atoms with Crippen LogP contribution in [0.25, 0.3) is 0 Å². The molecule has 0 unspecified atom stereocenters. The molecule has 0 aliphatic heterocycles. The second-order valence-corrected chi connectivity index (χ2v) is 4.79. The molecule has 0 saturated carbocycles. The van der Waals surface area contributed by atoms with E-state index in [4.69, 9.17) is 9.47 Å². The van der Waals surface area contributed by atoms with Crippen LogP contribution in [-0.2, 0) is 0 Å². The van der Waals surface area contributed by atoms with Crippen LogP contribution in [0, 0.1) is 20.8 Å². The minimum atomic E-state index is -0.200. The first-order chi connectivity index (χ1) is 9.97. The van der Waals surface area contributed by atoms with Crippen molar-refractivity contribution >= 4 is 11.6 Å². The van der Waals surface area contributed by atoms with Gasteiger partial charge in [-0.15, -0.1) is 0 Å². The van der Waals surface area contributed by atoms with Gasteiger partial charge in [0.1, 0.15) is 0 Å². The number of nitrogens with zero attached hydrogens (tertiary/aromatic N) is 1. The van der Waals surface area contributed by atoms with Crippen LogP contribution in [0.1, 0.15) is 27.3 Å². The molecule has 2 N–H and O–H groups in total. The van der Waals surface area contributed by atoms with Gasteiger partial charge in [-0.1, -0.05) is 0 Å². The van der Waals surface area contributed by atoms with E-state index in [0.29, 0.717) is 28.4 Å². The molecule has 0 aliphatic carbocycles. The van der Waals surface area contributed by atoms with Gasteiger partial charge in [-0.05, 0) is 32.4 Å². The summed E-state index contributed by atoms with van der Waals surface area (Å²) in [6.07, 6.45) is 0. The Kier molecular flexibility index (Phi) is 4.16. The predicted octanol–water partition coefficient (Wildman–Crippen LogP) is 2.60. The Morgan fingerprint density at radius 3 is 2.29 bits per heavy atom. The van der Waals surface area contributed by atoms with Gasteiger partial charge in [-0.2, -0.15) is 5.10 Å². The number of ether oxygens (including phenoxy) is 2. The molecule has 1 heterocycles. The van der Waals surface area contributed by atoms with E-state index >= 15 is 0 Å². The minimum absolute atomic E-state index is 0.200. The quantitative estimate of drug-likeness (QED) is 0.907. The average Bonchev–Trinajstić information content (AvgIpc) is 2.79. The number of methoxy groups -OCH3 is 2. The first-order valence-electron chi connectivity index (χ1n) is 6.53. The van der Waals surface area contributed by atoms with Crippen LogP contribution in [-0.4, -0.2) is 30.3 Å². The van der Waals surface area contributed by atoms with Crippen molar-refractivity contribution in [3.05, 3.63) is 34.6 Å². The maximum atomic E-state index is 12.4. The molecule has 112 valence electrons. The van der Waals surface area contributed by atoms with E-state index in [9.17, 15) is 4.79 Å². The normalized spacial score (nSPS) is 10.3. The van der Waals surface area contributed by atoms with Gasteiger partial charge in [0.15, 0.2) is 11.5 Å². The minimum Gasteiger partial charge on any atom is -0.493 e. The highest BCUT2D eigenvalue weighted by Crippen LogP contribution is 2.33. The molecule has 0 saturated heterocycles. The molecule has 0 atom stereocenters. The molecule has 0 fully saturated rings. The Morgan fingerprint density at radius 2 is 1.76 bits per heavy atom. The summed E-state index contributed by atoms with van der Waals surface area (Å²) >= 11 is 0. The third kappa shape index (κ3) is 2.84. The standard InChI is InChI=1S/C15H19N3O3/c1-8-6-12(20-4)13(21-5)7-11(8)16-15(19)14-9(2)17-18-10(14)3/h6-7H,1-5H3,(H,16,19)(H,17,18). The molecule has 0 aliphatic rings. The van der Waals surface area contributed by atoms with E-state index in [1.165, 1.54) is 0 Å². The van der Waals surface area contributed by atoms with E-state index in [0.717, 1.165) is 11.3 Å². The fourth-order valence-electron chi connectivity index (χ4n) is 2.19. The topological polar surface area (TPSA) is 76.2 Å². The smallest absolute Gasteiger partial charge is 0.259 e. The van der Waals surface area contributed by atoms with E-state index < -0.39 is 0 Å². The van der Waals surface area contributed by atoms with E-state index in [1.54, 1.807) is 27.2 Å². The number of nitrogens with one attached hydrogen (secondary N) is 2. The molecular weight excluding hydrogens is 270 g/mol. The Morgan fingerprint density at radius 1 is 1.14 bits per heavy atom. The summed E-state index contributed by atoms with van der Waals surface area (Å²) < 4.78 is 10.5. The first-order valence-corrected chi connectivity index (χ1v) is 6.53. The fraction of sp³-hybridized carbons (Fsp3) is 0.333. The molecule has 6 nitrogen and oxygen atoms in total. The van der Waals surface area contributed by atoms with Crippen LogP contribution in [0.3, 0.4) is 0 Å². The number of hydrogen-bond acceptors (Lipinski definition) is 4.